The van der Waals surface area contributed by atoms with Crippen LogP contribution in [0, 0.1) is 13.8 Å². The molecular weight excluding hydrogens is 432 g/mol. The van der Waals surface area contributed by atoms with Gasteiger partial charge in [0.1, 0.15) is 17.2 Å². The van der Waals surface area contributed by atoms with Gasteiger partial charge in [-0.2, -0.15) is 0 Å². The molecule has 1 aliphatic carbocycles. The molecule has 0 amide bonds. The van der Waals surface area contributed by atoms with E-state index in [-0.39, 0.29) is 17.3 Å². The van der Waals surface area contributed by atoms with E-state index in [2.05, 4.69) is 64.1 Å². The summed E-state index contributed by atoms with van der Waals surface area (Å²) in [6.07, 6.45) is 4.06. The van der Waals surface area contributed by atoms with Crippen molar-refractivity contribution in [2.75, 3.05) is 0 Å². The summed E-state index contributed by atoms with van der Waals surface area (Å²) in [5.74, 6) is 2.02. The fraction of sp³-hybridized carbons (Fsp3) is 0.438. The van der Waals surface area contributed by atoms with Crippen LogP contribution in [0.5, 0.6) is 17.2 Å². The monoisotopic (exact) mass is 472 g/mol. The van der Waals surface area contributed by atoms with Gasteiger partial charge in [0.25, 0.3) is 0 Å². The van der Waals surface area contributed by atoms with Crippen LogP contribution in [-0.2, 0) is 5.41 Å². The first-order valence-corrected chi connectivity index (χ1v) is 13.0. The second-order valence-electron chi connectivity index (χ2n) is 11.2. The van der Waals surface area contributed by atoms with Crippen molar-refractivity contribution in [2.45, 2.75) is 90.4 Å². The van der Waals surface area contributed by atoms with E-state index in [1.54, 1.807) is 12.1 Å². The number of hydrogen-bond acceptors (Lipinski definition) is 3. The van der Waals surface area contributed by atoms with Crippen molar-refractivity contribution >= 4 is 0 Å². The van der Waals surface area contributed by atoms with Crippen LogP contribution >= 0.6 is 0 Å². The summed E-state index contributed by atoms with van der Waals surface area (Å²) < 4.78 is 0. The van der Waals surface area contributed by atoms with Crippen molar-refractivity contribution in [1.29, 1.82) is 0 Å². The Morgan fingerprint density at radius 3 is 1.51 bits per heavy atom. The first-order chi connectivity index (χ1) is 16.5. The lowest BCUT2D eigenvalue weighted by atomic mass is 9.61. The highest BCUT2D eigenvalue weighted by atomic mass is 16.3. The van der Waals surface area contributed by atoms with Crippen LogP contribution in [0.3, 0.4) is 0 Å². The topological polar surface area (TPSA) is 60.7 Å². The smallest absolute Gasteiger partial charge is 0.121 e. The van der Waals surface area contributed by atoms with Gasteiger partial charge < -0.3 is 15.3 Å². The number of benzene rings is 3. The molecule has 3 heteroatoms. The first kappa shape index (κ1) is 25.2. The van der Waals surface area contributed by atoms with E-state index < -0.39 is 0 Å². The average molecular weight is 473 g/mol. The summed E-state index contributed by atoms with van der Waals surface area (Å²) in [5.41, 5.74) is 7.47. The lowest BCUT2D eigenvalue weighted by Crippen LogP contribution is -2.33. The fourth-order valence-electron chi connectivity index (χ4n) is 5.98. The van der Waals surface area contributed by atoms with Crippen LogP contribution in [0.2, 0.25) is 0 Å². The molecule has 0 unspecified atom stereocenters. The average Bonchev–Trinajstić information content (AvgIpc) is 2.82. The predicted molar refractivity (Wildman–Crippen MR) is 144 cm³/mol. The Hall–Kier alpha value is -2.94. The maximum absolute atomic E-state index is 10.8. The van der Waals surface area contributed by atoms with Gasteiger partial charge in [-0.15, -0.1) is 0 Å². The zero-order valence-corrected chi connectivity index (χ0v) is 22.0. The van der Waals surface area contributed by atoms with E-state index in [0.717, 1.165) is 47.9 Å². The second kappa shape index (κ2) is 9.60. The quantitative estimate of drug-likeness (QED) is 0.350. The summed E-state index contributed by atoms with van der Waals surface area (Å²) in [6, 6.07) is 16.5. The van der Waals surface area contributed by atoms with Crippen LogP contribution in [0.15, 0.2) is 48.5 Å². The normalized spacial score (nSPS) is 16.2. The number of aromatic hydroxyl groups is 3. The molecule has 1 aliphatic rings. The Balaban J connectivity index is 1.86. The van der Waals surface area contributed by atoms with E-state index in [4.69, 9.17) is 0 Å². The van der Waals surface area contributed by atoms with E-state index in [0.29, 0.717) is 23.2 Å². The molecule has 3 N–H and O–H groups in total. The number of rotatable bonds is 5. The van der Waals surface area contributed by atoms with Crippen LogP contribution in [0.1, 0.15) is 110 Å². The van der Waals surface area contributed by atoms with Gasteiger partial charge in [-0.05, 0) is 108 Å². The highest BCUT2D eigenvalue weighted by Gasteiger charge is 2.40. The SMILES string of the molecule is Cc1cc(C2(c3cc(C)c(O)c(C(C)C)c3)CCC(c3ccc(O)cc3)CC2)cc(C(C)C)c1O. The van der Waals surface area contributed by atoms with Crippen LogP contribution in [-0.4, -0.2) is 15.3 Å². The van der Waals surface area contributed by atoms with Crippen molar-refractivity contribution in [1.82, 2.24) is 0 Å². The van der Waals surface area contributed by atoms with Gasteiger partial charge in [0.05, 0.1) is 0 Å². The van der Waals surface area contributed by atoms with Gasteiger partial charge in [-0.25, -0.2) is 0 Å². The number of aryl methyl sites for hydroxylation is 2. The predicted octanol–water partition coefficient (Wildman–Crippen LogP) is 8.31. The molecular formula is C32H40O3. The van der Waals surface area contributed by atoms with E-state index in [9.17, 15) is 15.3 Å². The Morgan fingerprint density at radius 2 is 1.11 bits per heavy atom. The van der Waals surface area contributed by atoms with Crippen LogP contribution in [0.4, 0.5) is 0 Å². The number of phenolic OH excluding ortho intramolecular Hbond substituents is 3. The molecule has 186 valence electrons. The summed E-state index contributed by atoms with van der Waals surface area (Å²) in [5, 5.41) is 31.3. The molecule has 0 radical (unpaired) electrons. The maximum Gasteiger partial charge on any atom is 0.121 e. The van der Waals surface area contributed by atoms with Crippen molar-refractivity contribution in [3.63, 3.8) is 0 Å². The second-order valence-corrected chi connectivity index (χ2v) is 11.2. The van der Waals surface area contributed by atoms with Gasteiger partial charge in [0.2, 0.25) is 0 Å². The highest BCUT2D eigenvalue weighted by molar-refractivity contribution is 5.54. The largest absolute Gasteiger partial charge is 0.508 e. The maximum atomic E-state index is 10.8. The Labute approximate surface area is 210 Å². The molecule has 0 aliphatic heterocycles. The molecule has 1 saturated carbocycles. The fourth-order valence-corrected chi connectivity index (χ4v) is 5.98. The Morgan fingerprint density at radius 1 is 0.686 bits per heavy atom. The molecule has 0 atom stereocenters. The lowest BCUT2D eigenvalue weighted by Gasteiger charge is -2.42. The van der Waals surface area contributed by atoms with E-state index in [1.807, 2.05) is 13.8 Å². The minimum atomic E-state index is -0.183. The van der Waals surface area contributed by atoms with Crippen molar-refractivity contribution in [3.05, 3.63) is 87.5 Å². The molecule has 0 spiro atoms. The standard InChI is InChI=1S/C32H40O3/c1-19(2)28-17-25(15-21(5)30(28)34)32(26-16-22(6)31(35)29(18-26)20(3)4)13-11-24(12-14-32)23-7-9-27(33)10-8-23/h7-10,15-20,24,33-35H,11-14H2,1-6H3. The lowest BCUT2D eigenvalue weighted by molar-refractivity contribution is 0.313. The number of hydrogen-bond donors (Lipinski definition) is 3. The third kappa shape index (κ3) is 4.66. The molecule has 3 nitrogen and oxygen atoms in total. The summed E-state index contributed by atoms with van der Waals surface area (Å²) in [4.78, 5) is 0. The van der Waals surface area contributed by atoms with E-state index in [1.165, 1.54) is 16.7 Å². The minimum Gasteiger partial charge on any atom is -0.508 e. The molecule has 0 aromatic heterocycles. The van der Waals surface area contributed by atoms with E-state index >= 15 is 0 Å². The third-order valence-corrected chi connectivity index (χ3v) is 8.21. The van der Waals surface area contributed by atoms with Crippen LogP contribution in [0.25, 0.3) is 0 Å². The van der Waals surface area contributed by atoms with Crippen LogP contribution < -0.4 is 0 Å². The highest BCUT2D eigenvalue weighted by Crippen LogP contribution is 2.51. The molecule has 0 bridgehead atoms. The summed E-state index contributed by atoms with van der Waals surface area (Å²) in [7, 11) is 0. The van der Waals surface area contributed by atoms with Crippen molar-refractivity contribution in [2.24, 2.45) is 0 Å². The van der Waals surface area contributed by atoms with Crippen molar-refractivity contribution in [3.8, 4) is 17.2 Å². The van der Waals surface area contributed by atoms with Gasteiger partial charge in [0, 0.05) is 5.41 Å². The molecule has 1 fully saturated rings. The van der Waals surface area contributed by atoms with Gasteiger partial charge >= 0.3 is 0 Å². The zero-order chi connectivity index (χ0) is 25.5. The van der Waals surface area contributed by atoms with Gasteiger partial charge in [-0.3, -0.25) is 0 Å². The molecule has 0 saturated heterocycles. The van der Waals surface area contributed by atoms with Gasteiger partial charge in [0.15, 0.2) is 0 Å². The minimum absolute atomic E-state index is 0.183. The zero-order valence-electron chi connectivity index (χ0n) is 22.0. The van der Waals surface area contributed by atoms with Gasteiger partial charge in [-0.1, -0.05) is 64.1 Å². The summed E-state index contributed by atoms with van der Waals surface area (Å²) in [6.45, 7) is 12.5. The summed E-state index contributed by atoms with van der Waals surface area (Å²) >= 11 is 0. The third-order valence-electron chi connectivity index (χ3n) is 8.21. The molecule has 3 aromatic rings. The first-order valence-electron chi connectivity index (χ1n) is 13.0. The molecule has 0 heterocycles. The Bertz CT molecular complexity index is 1130. The Kier molecular flexibility index (Phi) is 6.90. The van der Waals surface area contributed by atoms with Crippen molar-refractivity contribution < 1.29 is 15.3 Å². The molecule has 3 aromatic carbocycles. The number of phenols is 3. The molecule has 35 heavy (non-hydrogen) atoms. The molecule has 4 rings (SSSR count).